The number of anilines is 1. The van der Waals surface area contributed by atoms with Gasteiger partial charge in [-0.25, -0.2) is 4.98 Å². The molecular weight excluding hydrogens is 380 g/mol. The molecule has 0 atom stereocenters. The lowest BCUT2D eigenvalue weighted by Crippen LogP contribution is -2.07. The number of aromatic amines is 1. The Morgan fingerprint density at radius 3 is 2.81 bits per heavy atom. The molecule has 4 rings (SSSR count). The van der Waals surface area contributed by atoms with Gasteiger partial charge in [-0.1, -0.05) is 42.9 Å². The quantitative estimate of drug-likeness (QED) is 0.400. The molecule has 0 aliphatic carbocycles. The Morgan fingerprint density at radius 2 is 2.04 bits per heavy atom. The van der Waals surface area contributed by atoms with Crippen molar-refractivity contribution in [3.05, 3.63) is 53.7 Å². The zero-order chi connectivity index (χ0) is 18.8. The summed E-state index contributed by atoms with van der Waals surface area (Å²) < 4.78 is 5.87. The summed E-state index contributed by atoms with van der Waals surface area (Å²) in [6.07, 6.45) is 3.68. The first kappa shape index (κ1) is 17.7. The first-order chi connectivity index (χ1) is 13.1. The van der Waals surface area contributed by atoms with Gasteiger partial charge in [-0.15, -0.1) is 0 Å². The van der Waals surface area contributed by atoms with Gasteiger partial charge in [-0.05, 0) is 43.2 Å². The molecule has 0 fully saturated rings. The number of thiocarbonyl (C=S) groups is 1. The zero-order valence-electron chi connectivity index (χ0n) is 14.6. The molecule has 7 heteroatoms. The third-order valence-corrected chi connectivity index (χ3v) is 4.68. The second kappa shape index (κ2) is 7.50. The van der Waals surface area contributed by atoms with Crippen LogP contribution < -0.4 is 5.32 Å². The van der Waals surface area contributed by atoms with Crippen molar-refractivity contribution in [1.82, 2.24) is 15.2 Å². The predicted octanol–water partition coefficient (Wildman–Crippen LogP) is 6.08. The van der Waals surface area contributed by atoms with Crippen molar-refractivity contribution < 1.29 is 4.42 Å². The van der Waals surface area contributed by atoms with Gasteiger partial charge in [-0.2, -0.15) is 5.10 Å². The maximum atomic E-state index is 6.04. The first-order valence-corrected chi connectivity index (χ1v) is 9.43. The smallest absolute Gasteiger partial charge is 0.231 e. The van der Waals surface area contributed by atoms with Crippen molar-refractivity contribution in [2.75, 3.05) is 5.32 Å². The lowest BCUT2D eigenvalue weighted by Gasteiger charge is -2.07. The Morgan fingerprint density at radius 1 is 1.22 bits per heavy atom. The number of H-pyrrole nitrogens is 1. The molecule has 0 radical (unpaired) electrons. The molecule has 5 nitrogen and oxygen atoms in total. The van der Waals surface area contributed by atoms with Crippen molar-refractivity contribution in [2.24, 2.45) is 0 Å². The Kier molecular flexibility index (Phi) is 4.92. The Labute approximate surface area is 166 Å². The van der Waals surface area contributed by atoms with E-state index in [1.54, 1.807) is 18.3 Å². The molecular formula is C20H17ClN4OS. The van der Waals surface area contributed by atoms with Gasteiger partial charge in [0, 0.05) is 22.5 Å². The highest BCUT2D eigenvalue weighted by atomic mass is 35.5. The van der Waals surface area contributed by atoms with Crippen LogP contribution >= 0.6 is 23.8 Å². The molecule has 0 aliphatic rings. The standard InChI is InChI=1S/C20H17ClN4OS/c1-2-3-18(27)23-14-7-4-12(5-8-14)19-15(11-22-25-19)20-24-16-10-13(21)6-9-17(16)26-20/h4-11H,2-3H2,1H3,(H,22,25)(H,23,27). The van der Waals surface area contributed by atoms with E-state index >= 15 is 0 Å². The molecule has 0 unspecified atom stereocenters. The number of halogens is 1. The van der Waals surface area contributed by atoms with Gasteiger partial charge in [0.2, 0.25) is 5.89 Å². The summed E-state index contributed by atoms with van der Waals surface area (Å²) in [5, 5.41) is 11.1. The topological polar surface area (TPSA) is 66.7 Å². The van der Waals surface area contributed by atoms with Crippen LogP contribution in [0.2, 0.25) is 5.02 Å². The molecule has 136 valence electrons. The number of rotatable bonds is 5. The molecule has 0 spiro atoms. The fourth-order valence-electron chi connectivity index (χ4n) is 2.85. The van der Waals surface area contributed by atoms with Gasteiger partial charge in [0.25, 0.3) is 0 Å². The Hall–Kier alpha value is -2.70. The second-order valence-electron chi connectivity index (χ2n) is 6.15. The fourth-order valence-corrected chi connectivity index (χ4v) is 3.34. The largest absolute Gasteiger partial charge is 0.436 e. The van der Waals surface area contributed by atoms with E-state index in [4.69, 9.17) is 28.2 Å². The number of aromatic nitrogens is 3. The third kappa shape index (κ3) is 3.72. The van der Waals surface area contributed by atoms with E-state index in [2.05, 4.69) is 27.4 Å². The summed E-state index contributed by atoms with van der Waals surface area (Å²) in [6, 6.07) is 13.3. The van der Waals surface area contributed by atoms with Gasteiger partial charge >= 0.3 is 0 Å². The number of hydrogen-bond acceptors (Lipinski definition) is 4. The number of fused-ring (bicyclic) bond motifs is 1. The first-order valence-electron chi connectivity index (χ1n) is 8.64. The lowest BCUT2D eigenvalue weighted by molar-refractivity contribution is 0.620. The van der Waals surface area contributed by atoms with Crippen LogP contribution in [0.15, 0.2) is 53.1 Å². The molecule has 0 amide bonds. The van der Waals surface area contributed by atoms with Crippen LogP contribution in [0.1, 0.15) is 19.8 Å². The van der Waals surface area contributed by atoms with Crippen LogP contribution in [-0.2, 0) is 0 Å². The summed E-state index contributed by atoms with van der Waals surface area (Å²) in [5.41, 5.74) is 4.89. The van der Waals surface area contributed by atoms with Gasteiger partial charge in [0.15, 0.2) is 5.58 Å². The van der Waals surface area contributed by atoms with E-state index in [0.29, 0.717) is 22.0 Å². The van der Waals surface area contributed by atoms with E-state index < -0.39 is 0 Å². The average Bonchev–Trinajstić information content (AvgIpc) is 3.28. The Balaban J connectivity index is 1.64. The maximum absolute atomic E-state index is 6.04. The number of oxazole rings is 1. The van der Waals surface area contributed by atoms with Gasteiger partial charge in [0.1, 0.15) is 11.2 Å². The van der Waals surface area contributed by atoms with Crippen molar-refractivity contribution in [2.45, 2.75) is 19.8 Å². The van der Waals surface area contributed by atoms with Gasteiger partial charge < -0.3 is 9.73 Å². The third-order valence-electron chi connectivity index (χ3n) is 4.14. The van der Waals surface area contributed by atoms with E-state index in [1.807, 2.05) is 30.3 Å². The fraction of sp³-hybridized carbons (Fsp3) is 0.150. The van der Waals surface area contributed by atoms with E-state index in [-0.39, 0.29) is 0 Å². The molecule has 0 aliphatic heterocycles. The van der Waals surface area contributed by atoms with Crippen LogP contribution in [0, 0.1) is 0 Å². The van der Waals surface area contributed by atoms with Gasteiger partial charge in [0.05, 0.1) is 10.6 Å². The minimum atomic E-state index is 0.502. The number of nitrogens with one attached hydrogen (secondary N) is 2. The zero-order valence-corrected chi connectivity index (χ0v) is 16.2. The second-order valence-corrected chi connectivity index (χ2v) is 7.08. The SMILES string of the molecule is CCCC(=S)Nc1ccc(-c2n[nH]cc2-c2nc3cc(Cl)ccc3o2)cc1. The van der Waals surface area contributed by atoms with Gasteiger partial charge in [-0.3, -0.25) is 5.10 Å². The molecule has 2 heterocycles. The van der Waals surface area contributed by atoms with Crippen LogP contribution in [0.5, 0.6) is 0 Å². The van der Waals surface area contributed by atoms with Crippen molar-refractivity contribution in [3.8, 4) is 22.7 Å². The molecule has 4 aromatic rings. The number of hydrogen-bond donors (Lipinski definition) is 2. The number of nitrogens with zero attached hydrogens (tertiary/aromatic N) is 2. The number of benzene rings is 2. The van der Waals surface area contributed by atoms with Crippen molar-refractivity contribution in [1.29, 1.82) is 0 Å². The molecule has 0 bridgehead atoms. The summed E-state index contributed by atoms with van der Waals surface area (Å²) in [5.74, 6) is 0.502. The van der Waals surface area contributed by atoms with Crippen LogP contribution in [-0.4, -0.2) is 20.2 Å². The molecule has 0 saturated heterocycles. The molecule has 2 aromatic heterocycles. The minimum absolute atomic E-state index is 0.502. The minimum Gasteiger partial charge on any atom is -0.436 e. The Bertz CT molecular complexity index is 1100. The van der Waals surface area contributed by atoms with Crippen molar-refractivity contribution in [3.63, 3.8) is 0 Å². The van der Waals surface area contributed by atoms with Crippen LogP contribution in [0.4, 0.5) is 5.69 Å². The highest BCUT2D eigenvalue weighted by Gasteiger charge is 2.16. The summed E-state index contributed by atoms with van der Waals surface area (Å²) in [4.78, 5) is 5.38. The van der Waals surface area contributed by atoms with Crippen LogP contribution in [0.3, 0.4) is 0 Å². The molecule has 0 saturated carbocycles. The average molecular weight is 397 g/mol. The highest BCUT2D eigenvalue weighted by molar-refractivity contribution is 7.80. The maximum Gasteiger partial charge on any atom is 0.231 e. The summed E-state index contributed by atoms with van der Waals surface area (Å²) in [6.45, 7) is 2.11. The van der Waals surface area contributed by atoms with E-state index in [0.717, 1.165) is 40.3 Å². The predicted molar refractivity (Wildman–Crippen MR) is 113 cm³/mol. The molecule has 2 aromatic carbocycles. The molecule has 2 N–H and O–H groups in total. The van der Waals surface area contributed by atoms with E-state index in [1.165, 1.54) is 0 Å². The summed E-state index contributed by atoms with van der Waals surface area (Å²) >= 11 is 11.3. The lowest BCUT2D eigenvalue weighted by atomic mass is 10.1. The highest BCUT2D eigenvalue weighted by Crippen LogP contribution is 2.32. The summed E-state index contributed by atoms with van der Waals surface area (Å²) in [7, 11) is 0. The van der Waals surface area contributed by atoms with E-state index in [9.17, 15) is 0 Å². The molecule has 27 heavy (non-hydrogen) atoms. The van der Waals surface area contributed by atoms with Crippen molar-refractivity contribution >= 4 is 45.6 Å². The monoisotopic (exact) mass is 396 g/mol. The normalized spacial score (nSPS) is 11.0. The van der Waals surface area contributed by atoms with Crippen LogP contribution in [0.25, 0.3) is 33.8 Å².